The van der Waals surface area contributed by atoms with E-state index in [9.17, 15) is 4.79 Å². The summed E-state index contributed by atoms with van der Waals surface area (Å²) in [7, 11) is 1.42. The first kappa shape index (κ1) is 21.3. The molecule has 1 atom stereocenters. The summed E-state index contributed by atoms with van der Waals surface area (Å²) in [6.07, 6.45) is 8.30. The van der Waals surface area contributed by atoms with E-state index in [2.05, 4.69) is 10.1 Å². The first-order valence-electron chi connectivity index (χ1n) is 12.3. The smallest absolute Gasteiger partial charge is 0.316 e. The Morgan fingerprint density at radius 2 is 1.84 bits per heavy atom. The van der Waals surface area contributed by atoms with Crippen LogP contribution in [0.15, 0.2) is 10.6 Å². The van der Waals surface area contributed by atoms with Crippen LogP contribution in [0, 0.1) is 11.8 Å². The molecule has 2 bridgehead atoms. The first-order chi connectivity index (χ1) is 15.0. The minimum atomic E-state index is -0.411. The largest absolute Gasteiger partial charge is 0.468 e. The number of esters is 1. The minimum Gasteiger partial charge on any atom is -0.468 e. The highest BCUT2D eigenvalue weighted by atomic mass is 16.5. The lowest BCUT2D eigenvalue weighted by Gasteiger charge is -2.44. The molecule has 7 heteroatoms. The summed E-state index contributed by atoms with van der Waals surface area (Å²) >= 11 is 0. The zero-order valence-corrected chi connectivity index (χ0v) is 19.3. The van der Waals surface area contributed by atoms with Gasteiger partial charge in [-0.2, -0.15) is 0 Å². The maximum atomic E-state index is 12.1. The molecule has 5 heterocycles. The lowest BCUT2D eigenvalue weighted by molar-refractivity contribution is -0.937. The SMILES string of the molecule is COC(=O)C(c1cc(N2CCC(OC3CC[N+]4(CC3)CC3CC4C3)CC2)no1)C(C)C. The summed E-state index contributed by atoms with van der Waals surface area (Å²) in [5.74, 6) is 1.86. The topological polar surface area (TPSA) is 64.8 Å². The standard InChI is InChI=1S/C24H38N3O4/c1-16(2)23(24(28)29-3)21-14-22(25-31-21)26-8-4-19(5-9-26)30-20-6-10-27(11-7-20)15-17-12-18(27)13-17/h14,16-20,23H,4-13,15H2,1-3H3/q+1. The number of quaternary nitrogens is 1. The average molecular weight is 433 g/mol. The normalized spacial score (nSPS) is 34.2. The van der Waals surface area contributed by atoms with Crippen molar-refractivity contribution in [2.75, 3.05) is 44.7 Å². The molecule has 0 radical (unpaired) electrons. The Balaban J connectivity index is 1.10. The van der Waals surface area contributed by atoms with Crippen molar-refractivity contribution < 1.29 is 23.3 Å². The van der Waals surface area contributed by atoms with Gasteiger partial charge in [0.1, 0.15) is 5.92 Å². The molecule has 0 N–H and O–H groups in total. The molecule has 1 aromatic heterocycles. The number of hydrogen-bond donors (Lipinski definition) is 0. The average Bonchev–Trinajstić information content (AvgIpc) is 3.43. The maximum absolute atomic E-state index is 12.1. The van der Waals surface area contributed by atoms with Crippen molar-refractivity contribution in [3.8, 4) is 0 Å². The quantitative estimate of drug-likeness (QED) is 0.507. The summed E-state index contributed by atoms with van der Waals surface area (Å²) in [4.78, 5) is 14.4. The van der Waals surface area contributed by atoms with E-state index < -0.39 is 5.92 Å². The van der Waals surface area contributed by atoms with Gasteiger partial charge in [-0.3, -0.25) is 4.79 Å². The molecule has 6 rings (SSSR count). The molecular formula is C24H38N3O4+. The van der Waals surface area contributed by atoms with Crippen molar-refractivity contribution in [3.63, 3.8) is 0 Å². The van der Waals surface area contributed by atoms with Gasteiger partial charge in [0.25, 0.3) is 0 Å². The molecule has 1 saturated carbocycles. The fraction of sp³-hybridized carbons (Fsp3) is 0.833. The second-order valence-electron chi connectivity index (χ2n) is 10.7. The highest BCUT2D eigenvalue weighted by Gasteiger charge is 2.56. The molecule has 1 aliphatic carbocycles. The van der Waals surface area contributed by atoms with Gasteiger partial charge in [0.15, 0.2) is 11.6 Å². The Morgan fingerprint density at radius 1 is 1.16 bits per heavy atom. The fourth-order valence-corrected chi connectivity index (χ4v) is 6.61. The second kappa shape index (κ2) is 8.39. The number of hydrogen-bond acceptors (Lipinski definition) is 6. The van der Waals surface area contributed by atoms with E-state index in [0.29, 0.717) is 18.0 Å². The van der Waals surface area contributed by atoms with Crippen LogP contribution in [-0.2, 0) is 14.3 Å². The summed E-state index contributed by atoms with van der Waals surface area (Å²) in [6.45, 7) is 9.94. The molecule has 1 aromatic rings. The Hall–Kier alpha value is -1.60. The number of carbonyl (C=O) groups excluding carboxylic acids is 1. The van der Waals surface area contributed by atoms with Crippen molar-refractivity contribution in [2.45, 2.75) is 76.5 Å². The van der Waals surface area contributed by atoms with Crippen LogP contribution >= 0.6 is 0 Å². The van der Waals surface area contributed by atoms with Crippen molar-refractivity contribution >= 4 is 11.8 Å². The van der Waals surface area contributed by atoms with Gasteiger partial charge in [0.05, 0.1) is 45.0 Å². The number of anilines is 1. The van der Waals surface area contributed by atoms with Crippen LogP contribution in [0.1, 0.15) is 64.1 Å². The van der Waals surface area contributed by atoms with Crippen molar-refractivity contribution in [1.82, 2.24) is 5.16 Å². The molecule has 1 unspecified atom stereocenters. The van der Waals surface area contributed by atoms with Gasteiger partial charge in [-0.05, 0) is 18.8 Å². The molecule has 7 nitrogen and oxygen atoms in total. The molecule has 31 heavy (non-hydrogen) atoms. The number of rotatable bonds is 6. The third-order valence-corrected chi connectivity index (χ3v) is 8.50. The van der Waals surface area contributed by atoms with E-state index in [1.165, 1.54) is 56.9 Å². The van der Waals surface area contributed by atoms with Gasteiger partial charge >= 0.3 is 5.97 Å². The Bertz CT molecular complexity index is 772. The van der Waals surface area contributed by atoms with E-state index in [1.54, 1.807) is 0 Å². The molecule has 5 aliphatic rings. The van der Waals surface area contributed by atoms with Gasteiger partial charge in [0.2, 0.25) is 0 Å². The van der Waals surface area contributed by atoms with Crippen LogP contribution in [0.5, 0.6) is 0 Å². The highest BCUT2D eigenvalue weighted by molar-refractivity contribution is 5.77. The maximum Gasteiger partial charge on any atom is 0.316 e. The number of methoxy groups -OCH3 is 1. The number of nitrogens with zero attached hydrogens (tertiary/aromatic N) is 3. The van der Waals surface area contributed by atoms with E-state index in [-0.39, 0.29) is 11.9 Å². The van der Waals surface area contributed by atoms with Crippen LogP contribution in [0.25, 0.3) is 0 Å². The highest BCUT2D eigenvalue weighted by Crippen LogP contribution is 2.48. The number of aromatic nitrogens is 1. The van der Waals surface area contributed by atoms with Crippen LogP contribution < -0.4 is 4.90 Å². The monoisotopic (exact) mass is 432 g/mol. The molecule has 172 valence electrons. The fourth-order valence-electron chi connectivity index (χ4n) is 6.61. The molecular weight excluding hydrogens is 394 g/mol. The third kappa shape index (κ3) is 3.99. The Kier molecular flexibility index (Phi) is 5.76. The predicted molar refractivity (Wildman–Crippen MR) is 117 cm³/mol. The molecule has 1 spiro atoms. The Morgan fingerprint density at radius 3 is 2.42 bits per heavy atom. The number of piperidine rings is 2. The summed E-state index contributed by atoms with van der Waals surface area (Å²) in [5.41, 5.74) is 0. The number of carbonyl (C=O) groups is 1. The van der Waals surface area contributed by atoms with Crippen LogP contribution in [0.3, 0.4) is 0 Å². The van der Waals surface area contributed by atoms with E-state index >= 15 is 0 Å². The van der Waals surface area contributed by atoms with E-state index in [1.807, 2.05) is 19.9 Å². The van der Waals surface area contributed by atoms with Gasteiger partial charge in [-0.1, -0.05) is 19.0 Å². The van der Waals surface area contributed by atoms with E-state index in [4.69, 9.17) is 14.0 Å². The lowest BCUT2D eigenvalue weighted by atomic mass is 9.86. The van der Waals surface area contributed by atoms with E-state index in [0.717, 1.165) is 43.7 Å². The second-order valence-corrected chi connectivity index (χ2v) is 10.7. The summed E-state index contributed by atoms with van der Waals surface area (Å²) < 4.78 is 18.5. The third-order valence-electron chi connectivity index (χ3n) is 8.50. The zero-order valence-electron chi connectivity index (χ0n) is 19.3. The lowest BCUT2D eigenvalue weighted by Crippen LogP contribution is -2.55. The van der Waals surface area contributed by atoms with Crippen LogP contribution in [-0.4, -0.2) is 73.7 Å². The molecule has 4 aliphatic heterocycles. The molecule has 5 fully saturated rings. The van der Waals surface area contributed by atoms with Crippen LogP contribution in [0.2, 0.25) is 0 Å². The molecule has 4 saturated heterocycles. The minimum absolute atomic E-state index is 0.0932. The van der Waals surface area contributed by atoms with Gasteiger partial charge in [-0.15, -0.1) is 0 Å². The summed E-state index contributed by atoms with van der Waals surface area (Å²) in [6, 6.07) is 2.89. The van der Waals surface area contributed by atoms with Gasteiger partial charge in [-0.25, -0.2) is 0 Å². The zero-order chi connectivity index (χ0) is 21.6. The first-order valence-corrected chi connectivity index (χ1v) is 12.3. The van der Waals surface area contributed by atoms with Crippen LogP contribution in [0.4, 0.5) is 5.82 Å². The summed E-state index contributed by atoms with van der Waals surface area (Å²) in [5, 5.41) is 4.25. The van der Waals surface area contributed by atoms with Gasteiger partial charge < -0.3 is 23.4 Å². The number of ether oxygens (including phenoxy) is 2. The van der Waals surface area contributed by atoms with Crippen molar-refractivity contribution in [2.24, 2.45) is 11.8 Å². The molecule has 0 aromatic carbocycles. The van der Waals surface area contributed by atoms with Crippen molar-refractivity contribution in [1.29, 1.82) is 0 Å². The molecule has 0 amide bonds. The predicted octanol–water partition coefficient (Wildman–Crippen LogP) is 3.34. The van der Waals surface area contributed by atoms with Gasteiger partial charge in [0, 0.05) is 50.8 Å². The van der Waals surface area contributed by atoms with Crippen molar-refractivity contribution in [3.05, 3.63) is 11.8 Å². The Labute approximate surface area is 185 Å².